The van der Waals surface area contributed by atoms with E-state index in [1.165, 1.54) is 50.5 Å². The lowest BCUT2D eigenvalue weighted by Crippen LogP contribution is -2.09. The van der Waals surface area contributed by atoms with E-state index in [1.54, 1.807) is 10.7 Å². The summed E-state index contributed by atoms with van der Waals surface area (Å²) in [6, 6.07) is 4.10. The third-order valence-corrected chi connectivity index (χ3v) is 5.00. The molecule has 9 heteroatoms. The number of aromatic amines is 1. The summed E-state index contributed by atoms with van der Waals surface area (Å²) < 4.78 is 1.93. The van der Waals surface area contributed by atoms with Crippen LogP contribution in [0.25, 0.3) is 0 Å². The van der Waals surface area contributed by atoms with Crippen LogP contribution in [-0.2, 0) is 6.42 Å². The molecule has 1 fully saturated rings. The molecular weight excluding hydrogens is 354 g/mol. The molecule has 0 saturated heterocycles. The van der Waals surface area contributed by atoms with E-state index < -0.39 is 4.92 Å². The molecule has 0 spiro atoms. The number of aryl methyl sites for hydroxylation is 1. The first-order chi connectivity index (χ1) is 12.5. The number of nitro benzene ring substituents is 1. The molecule has 0 radical (unpaired) electrons. The SMILES string of the molecule is O=[N+]([O-])c1cc(/C=N/n2c(CCC3CCCCC3)n[nH]c2=S)ccc1O. The third-order valence-electron chi connectivity index (χ3n) is 4.74. The number of nitrogens with one attached hydrogen (secondary N) is 1. The van der Waals surface area contributed by atoms with Crippen molar-refractivity contribution in [3.8, 4) is 5.75 Å². The van der Waals surface area contributed by atoms with Crippen LogP contribution in [-0.4, -0.2) is 31.1 Å². The Bertz CT molecular complexity index is 868. The van der Waals surface area contributed by atoms with Crippen LogP contribution in [0.4, 0.5) is 5.69 Å². The maximum Gasteiger partial charge on any atom is 0.311 e. The van der Waals surface area contributed by atoms with E-state index >= 15 is 0 Å². The second-order valence-corrected chi connectivity index (χ2v) is 6.94. The Hall–Kier alpha value is -2.55. The normalized spacial score (nSPS) is 15.5. The third kappa shape index (κ3) is 4.34. The second kappa shape index (κ2) is 8.22. The molecule has 8 nitrogen and oxygen atoms in total. The number of H-pyrrole nitrogens is 1. The van der Waals surface area contributed by atoms with Crippen LogP contribution in [0.1, 0.15) is 49.9 Å². The Morgan fingerprint density at radius 3 is 2.92 bits per heavy atom. The van der Waals surface area contributed by atoms with Gasteiger partial charge in [-0.25, -0.2) is 0 Å². The lowest BCUT2D eigenvalue weighted by molar-refractivity contribution is -0.385. The van der Waals surface area contributed by atoms with Crippen LogP contribution in [0, 0.1) is 20.8 Å². The number of hydrogen-bond donors (Lipinski definition) is 2. The number of aromatic nitrogens is 3. The highest BCUT2D eigenvalue weighted by Crippen LogP contribution is 2.27. The zero-order valence-corrected chi connectivity index (χ0v) is 15.1. The lowest BCUT2D eigenvalue weighted by Gasteiger charge is -2.20. The minimum atomic E-state index is -0.633. The van der Waals surface area contributed by atoms with Gasteiger partial charge in [-0.2, -0.15) is 14.9 Å². The first-order valence-corrected chi connectivity index (χ1v) is 9.13. The van der Waals surface area contributed by atoms with Crippen LogP contribution < -0.4 is 0 Å². The molecule has 0 aliphatic heterocycles. The van der Waals surface area contributed by atoms with Gasteiger partial charge < -0.3 is 5.11 Å². The molecule has 2 aromatic rings. The van der Waals surface area contributed by atoms with Gasteiger partial charge in [0, 0.05) is 18.1 Å². The molecule has 1 aromatic heterocycles. The highest BCUT2D eigenvalue weighted by atomic mass is 32.1. The summed E-state index contributed by atoms with van der Waals surface area (Å²) in [5, 5.41) is 31.8. The minimum Gasteiger partial charge on any atom is -0.502 e. The van der Waals surface area contributed by atoms with Crippen molar-refractivity contribution in [2.75, 3.05) is 0 Å². The van der Waals surface area contributed by atoms with Gasteiger partial charge in [-0.1, -0.05) is 32.1 Å². The fraction of sp³-hybridized carbons (Fsp3) is 0.471. The van der Waals surface area contributed by atoms with Gasteiger partial charge in [0.1, 0.15) is 0 Å². The topological polar surface area (TPSA) is 109 Å². The quantitative estimate of drug-likeness (QED) is 0.344. The number of benzene rings is 1. The molecule has 0 amide bonds. The lowest BCUT2D eigenvalue weighted by atomic mass is 9.86. The number of phenolic OH excluding ortho intramolecular Hbond substituents is 1. The molecule has 1 aliphatic rings. The van der Waals surface area contributed by atoms with E-state index in [2.05, 4.69) is 15.3 Å². The van der Waals surface area contributed by atoms with Crippen molar-refractivity contribution < 1.29 is 10.0 Å². The maximum absolute atomic E-state index is 10.9. The zero-order valence-electron chi connectivity index (χ0n) is 14.3. The van der Waals surface area contributed by atoms with E-state index in [9.17, 15) is 15.2 Å². The number of nitrogens with zero attached hydrogens (tertiary/aromatic N) is 4. The van der Waals surface area contributed by atoms with Crippen LogP contribution in [0.2, 0.25) is 0 Å². The van der Waals surface area contributed by atoms with Crippen molar-refractivity contribution in [2.24, 2.45) is 11.0 Å². The highest BCUT2D eigenvalue weighted by molar-refractivity contribution is 7.71. The van der Waals surface area contributed by atoms with Gasteiger partial charge in [-0.15, -0.1) is 0 Å². The fourth-order valence-corrected chi connectivity index (χ4v) is 3.50. The van der Waals surface area contributed by atoms with Crippen molar-refractivity contribution in [1.82, 2.24) is 14.9 Å². The fourth-order valence-electron chi connectivity index (χ4n) is 3.31. The van der Waals surface area contributed by atoms with Crippen LogP contribution in [0.15, 0.2) is 23.3 Å². The molecular formula is C17H21N5O3S. The average molecular weight is 375 g/mol. The minimum absolute atomic E-state index is 0.359. The summed E-state index contributed by atoms with van der Waals surface area (Å²) in [5.41, 5.74) is 0.137. The van der Waals surface area contributed by atoms with E-state index in [0.29, 0.717) is 10.3 Å². The predicted molar refractivity (Wildman–Crippen MR) is 100 cm³/mol. The Balaban J connectivity index is 1.74. The molecule has 1 aliphatic carbocycles. The van der Waals surface area contributed by atoms with Gasteiger partial charge in [0.25, 0.3) is 0 Å². The molecule has 1 heterocycles. The van der Waals surface area contributed by atoms with Gasteiger partial charge in [-0.05, 0) is 36.7 Å². The second-order valence-electron chi connectivity index (χ2n) is 6.55. The molecule has 0 unspecified atom stereocenters. The molecule has 26 heavy (non-hydrogen) atoms. The van der Waals surface area contributed by atoms with Crippen molar-refractivity contribution in [1.29, 1.82) is 0 Å². The maximum atomic E-state index is 10.9. The number of phenols is 1. The van der Waals surface area contributed by atoms with E-state index in [4.69, 9.17) is 12.2 Å². The molecule has 1 saturated carbocycles. The Morgan fingerprint density at radius 2 is 2.19 bits per heavy atom. The van der Waals surface area contributed by atoms with Gasteiger partial charge >= 0.3 is 5.69 Å². The number of rotatable bonds is 6. The number of nitro groups is 1. The molecule has 2 N–H and O–H groups in total. The van der Waals surface area contributed by atoms with Gasteiger partial charge in [-0.3, -0.25) is 15.2 Å². The van der Waals surface area contributed by atoms with E-state index in [0.717, 1.165) is 24.6 Å². The Labute approximate surface area is 155 Å². The molecule has 0 atom stereocenters. The van der Waals surface area contributed by atoms with Crippen LogP contribution in [0.3, 0.4) is 0 Å². The summed E-state index contributed by atoms with van der Waals surface area (Å²) in [5.74, 6) is 1.11. The molecule has 1 aromatic carbocycles. The van der Waals surface area contributed by atoms with Gasteiger partial charge in [0.2, 0.25) is 4.77 Å². The van der Waals surface area contributed by atoms with E-state index in [1.807, 2.05) is 0 Å². The monoisotopic (exact) mass is 375 g/mol. The summed E-state index contributed by atoms with van der Waals surface area (Å²) >= 11 is 5.23. The van der Waals surface area contributed by atoms with E-state index in [-0.39, 0.29) is 11.4 Å². The Kier molecular flexibility index (Phi) is 5.77. The van der Waals surface area contributed by atoms with Gasteiger partial charge in [0.15, 0.2) is 11.6 Å². The summed E-state index contributed by atoms with van der Waals surface area (Å²) in [6.07, 6.45) is 9.78. The first kappa shape index (κ1) is 18.2. The zero-order chi connectivity index (χ0) is 18.5. The first-order valence-electron chi connectivity index (χ1n) is 8.72. The molecule has 3 rings (SSSR count). The standard InChI is InChI=1S/C17H21N5O3S/c23-15-8-6-13(10-14(15)22(24)25)11-18-21-16(19-20-17(21)26)9-7-12-4-2-1-3-5-12/h6,8,10-12,23H,1-5,7,9H2,(H,20,26)/b18-11+. The van der Waals surface area contributed by atoms with Crippen molar-refractivity contribution in [3.05, 3.63) is 44.5 Å². The average Bonchev–Trinajstić information content (AvgIpc) is 2.99. The van der Waals surface area contributed by atoms with Crippen LogP contribution >= 0.6 is 12.2 Å². The predicted octanol–water partition coefficient (Wildman–Crippen LogP) is 3.95. The molecule has 0 bridgehead atoms. The van der Waals surface area contributed by atoms with Gasteiger partial charge in [0.05, 0.1) is 11.1 Å². The van der Waals surface area contributed by atoms with Crippen molar-refractivity contribution in [3.63, 3.8) is 0 Å². The highest BCUT2D eigenvalue weighted by Gasteiger charge is 2.16. The van der Waals surface area contributed by atoms with Crippen molar-refractivity contribution >= 4 is 24.1 Å². The Morgan fingerprint density at radius 1 is 1.42 bits per heavy atom. The smallest absolute Gasteiger partial charge is 0.311 e. The number of aromatic hydroxyl groups is 1. The molecule has 138 valence electrons. The number of hydrogen-bond acceptors (Lipinski definition) is 6. The summed E-state index contributed by atoms with van der Waals surface area (Å²) in [7, 11) is 0. The summed E-state index contributed by atoms with van der Waals surface area (Å²) in [6.45, 7) is 0. The van der Waals surface area contributed by atoms with Crippen LogP contribution in [0.5, 0.6) is 5.75 Å². The summed E-state index contributed by atoms with van der Waals surface area (Å²) in [4.78, 5) is 10.3. The largest absolute Gasteiger partial charge is 0.502 e. The van der Waals surface area contributed by atoms with Crippen molar-refractivity contribution in [2.45, 2.75) is 44.9 Å².